The highest BCUT2D eigenvalue weighted by Gasteiger charge is 2.22. The van der Waals surface area contributed by atoms with Gasteiger partial charge in [0.15, 0.2) is 0 Å². The molecule has 1 atom stereocenters. The summed E-state index contributed by atoms with van der Waals surface area (Å²) in [5, 5.41) is 3.41. The van der Waals surface area contributed by atoms with Crippen molar-refractivity contribution >= 4 is 17.3 Å². The van der Waals surface area contributed by atoms with Gasteiger partial charge in [0, 0.05) is 17.4 Å². The Balaban J connectivity index is 1.67. The number of carbonyl (C=O) groups excluding carboxylic acids is 1. The van der Waals surface area contributed by atoms with Crippen LogP contribution in [0.25, 0.3) is 5.65 Å². The first-order valence-electron chi connectivity index (χ1n) is 11.9. The molecule has 186 valence electrons. The maximum atomic E-state index is 12.9. The largest absolute Gasteiger partial charge is 0.473 e. The molecule has 0 radical (unpaired) electrons. The molecule has 7 nitrogen and oxygen atoms in total. The van der Waals surface area contributed by atoms with E-state index in [0.717, 1.165) is 16.7 Å². The van der Waals surface area contributed by atoms with Crippen LogP contribution in [0.3, 0.4) is 0 Å². The summed E-state index contributed by atoms with van der Waals surface area (Å²) in [5.74, 6) is -0.145. The summed E-state index contributed by atoms with van der Waals surface area (Å²) in [6.07, 6.45) is 1.76. The van der Waals surface area contributed by atoms with Crippen LogP contribution in [0.1, 0.15) is 60.8 Å². The Labute approximate surface area is 210 Å². The van der Waals surface area contributed by atoms with Crippen molar-refractivity contribution in [2.45, 2.75) is 52.9 Å². The van der Waals surface area contributed by atoms with Gasteiger partial charge in [-0.05, 0) is 63.9 Å². The second-order valence-electron chi connectivity index (χ2n) is 9.79. The van der Waals surface area contributed by atoms with Gasteiger partial charge in [0.1, 0.15) is 17.9 Å². The van der Waals surface area contributed by atoms with Crippen molar-refractivity contribution in [2.75, 3.05) is 5.32 Å². The van der Waals surface area contributed by atoms with Crippen molar-refractivity contribution < 1.29 is 14.3 Å². The van der Waals surface area contributed by atoms with Crippen molar-refractivity contribution in [3.63, 3.8) is 0 Å². The highest BCUT2D eigenvalue weighted by atomic mass is 16.6. The minimum Gasteiger partial charge on any atom is -0.473 e. The molecule has 2 heterocycles. The third kappa shape index (κ3) is 5.92. The molecule has 0 spiro atoms. The molecule has 0 aliphatic carbocycles. The van der Waals surface area contributed by atoms with Crippen molar-refractivity contribution in [1.29, 1.82) is 0 Å². The van der Waals surface area contributed by atoms with E-state index in [1.54, 1.807) is 18.3 Å². The second-order valence-corrected chi connectivity index (χ2v) is 9.79. The van der Waals surface area contributed by atoms with Gasteiger partial charge >= 0.3 is 5.97 Å². The molecule has 0 amide bonds. The standard InChI is InChI=1S/C29H31N3O4/c1-19-15-23(20(2)30-24-14-10-9-13-22(24)28(34)36-29(3,4)5)27-31-25(16-26(33)32(27)17-19)35-18-21-11-7-6-8-12-21/h6-17,20,30H,18H2,1-5H3. The number of esters is 1. The summed E-state index contributed by atoms with van der Waals surface area (Å²) < 4.78 is 13.0. The number of ether oxygens (including phenoxy) is 2. The number of para-hydroxylation sites is 1. The van der Waals surface area contributed by atoms with Crippen molar-refractivity contribution in [2.24, 2.45) is 0 Å². The van der Waals surface area contributed by atoms with Crippen LogP contribution in [0.5, 0.6) is 5.88 Å². The van der Waals surface area contributed by atoms with Crippen LogP contribution in [-0.2, 0) is 11.3 Å². The van der Waals surface area contributed by atoms with E-state index < -0.39 is 11.6 Å². The molecule has 2 aromatic heterocycles. The van der Waals surface area contributed by atoms with Crippen LogP contribution in [-0.4, -0.2) is 21.0 Å². The lowest BCUT2D eigenvalue weighted by molar-refractivity contribution is 0.00706. The fraction of sp³-hybridized carbons (Fsp3) is 0.276. The van der Waals surface area contributed by atoms with Crippen molar-refractivity contribution in [3.8, 4) is 5.88 Å². The molecule has 1 N–H and O–H groups in total. The maximum Gasteiger partial charge on any atom is 0.340 e. The lowest BCUT2D eigenvalue weighted by atomic mass is 10.1. The molecule has 0 bridgehead atoms. The highest BCUT2D eigenvalue weighted by molar-refractivity contribution is 5.96. The van der Waals surface area contributed by atoms with E-state index in [1.807, 2.05) is 83.1 Å². The van der Waals surface area contributed by atoms with Crippen LogP contribution in [0, 0.1) is 6.92 Å². The Bertz CT molecular complexity index is 1440. The number of fused-ring (bicyclic) bond motifs is 1. The number of nitrogens with one attached hydrogen (secondary N) is 1. The quantitative estimate of drug-likeness (QED) is 0.338. The fourth-order valence-corrected chi connectivity index (χ4v) is 3.90. The number of nitrogens with zero attached hydrogens (tertiary/aromatic N) is 2. The minimum absolute atomic E-state index is 0.227. The number of hydrogen-bond acceptors (Lipinski definition) is 6. The smallest absolute Gasteiger partial charge is 0.340 e. The van der Waals surface area contributed by atoms with E-state index in [4.69, 9.17) is 9.47 Å². The molecule has 0 fully saturated rings. The number of anilines is 1. The van der Waals surface area contributed by atoms with Gasteiger partial charge in [0.05, 0.1) is 17.7 Å². The topological polar surface area (TPSA) is 81.9 Å². The predicted octanol–water partition coefficient (Wildman–Crippen LogP) is 5.71. The molecule has 4 rings (SSSR count). The molecule has 2 aromatic carbocycles. The molecule has 0 saturated carbocycles. The monoisotopic (exact) mass is 485 g/mol. The number of aromatic nitrogens is 2. The van der Waals surface area contributed by atoms with Gasteiger partial charge in [0.2, 0.25) is 5.88 Å². The summed E-state index contributed by atoms with van der Waals surface area (Å²) in [5.41, 5.74) is 3.43. The predicted molar refractivity (Wildman–Crippen MR) is 141 cm³/mol. The zero-order chi connectivity index (χ0) is 25.9. The number of hydrogen-bond donors (Lipinski definition) is 1. The Morgan fingerprint density at radius 3 is 2.47 bits per heavy atom. The lowest BCUT2D eigenvalue weighted by Crippen LogP contribution is -2.25. The third-order valence-corrected chi connectivity index (χ3v) is 5.52. The first kappa shape index (κ1) is 25.0. The van der Waals surface area contributed by atoms with Crippen LogP contribution in [0.4, 0.5) is 5.69 Å². The lowest BCUT2D eigenvalue weighted by Gasteiger charge is -2.23. The summed E-state index contributed by atoms with van der Waals surface area (Å²) in [7, 11) is 0. The Morgan fingerprint density at radius 2 is 1.75 bits per heavy atom. The number of pyridine rings is 1. The summed E-state index contributed by atoms with van der Waals surface area (Å²) in [4.78, 5) is 30.4. The zero-order valence-corrected chi connectivity index (χ0v) is 21.2. The zero-order valence-electron chi connectivity index (χ0n) is 21.2. The van der Waals surface area contributed by atoms with Crippen molar-refractivity contribution in [3.05, 3.63) is 106 Å². The van der Waals surface area contributed by atoms with Gasteiger partial charge in [0.25, 0.3) is 5.56 Å². The average molecular weight is 486 g/mol. The van der Waals surface area contributed by atoms with E-state index in [2.05, 4.69) is 10.3 Å². The molecular formula is C29H31N3O4. The highest BCUT2D eigenvalue weighted by Crippen LogP contribution is 2.27. The number of benzene rings is 2. The first-order valence-corrected chi connectivity index (χ1v) is 11.9. The van der Waals surface area contributed by atoms with E-state index in [1.165, 1.54) is 10.5 Å². The molecule has 0 saturated heterocycles. The Kier molecular flexibility index (Phi) is 7.10. The van der Waals surface area contributed by atoms with Gasteiger partial charge in [-0.2, -0.15) is 4.98 Å². The normalized spacial score (nSPS) is 12.2. The van der Waals surface area contributed by atoms with Crippen LogP contribution >= 0.6 is 0 Å². The second kappa shape index (κ2) is 10.2. The Hall–Kier alpha value is -4.13. The van der Waals surface area contributed by atoms with E-state index >= 15 is 0 Å². The minimum atomic E-state index is -0.607. The summed E-state index contributed by atoms with van der Waals surface area (Å²) in [6, 6.07) is 20.0. The van der Waals surface area contributed by atoms with E-state index in [-0.39, 0.29) is 17.5 Å². The third-order valence-electron chi connectivity index (χ3n) is 5.52. The van der Waals surface area contributed by atoms with Crippen LogP contribution in [0.15, 0.2) is 77.7 Å². The number of aryl methyl sites for hydroxylation is 1. The van der Waals surface area contributed by atoms with E-state index in [0.29, 0.717) is 23.5 Å². The Morgan fingerprint density at radius 1 is 1.06 bits per heavy atom. The first-order chi connectivity index (χ1) is 17.1. The van der Waals surface area contributed by atoms with Gasteiger partial charge in [-0.15, -0.1) is 0 Å². The molecule has 0 aliphatic rings. The van der Waals surface area contributed by atoms with Gasteiger partial charge in [-0.3, -0.25) is 9.20 Å². The van der Waals surface area contributed by atoms with Gasteiger partial charge < -0.3 is 14.8 Å². The van der Waals surface area contributed by atoms with Crippen LogP contribution in [0.2, 0.25) is 0 Å². The number of rotatable bonds is 7. The molecule has 1 unspecified atom stereocenters. The molecule has 36 heavy (non-hydrogen) atoms. The maximum absolute atomic E-state index is 12.9. The summed E-state index contributed by atoms with van der Waals surface area (Å²) >= 11 is 0. The van der Waals surface area contributed by atoms with Crippen molar-refractivity contribution in [1.82, 2.24) is 9.38 Å². The SMILES string of the molecule is Cc1cc(C(C)Nc2ccccc2C(=O)OC(C)(C)C)c2nc(OCc3ccccc3)cc(=O)n2c1. The summed E-state index contributed by atoms with van der Waals surface area (Å²) in [6.45, 7) is 9.71. The van der Waals surface area contributed by atoms with Gasteiger partial charge in [-0.1, -0.05) is 42.5 Å². The van der Waals surface area contributed by atoms with E-state index in [9.17, 15) is 9.59 Å². The molecule has 0 aliphatic heterocycles. The molecule has 4 aromatic rings. The molecular weight excluding hydrogens is 454 g/mol. The number of carbonyl (C=O) groups is 1. The van der Waals surface area contributed by atoms with Gasteiger partial charge in [-0.25, -0.2) is 4.79 Å². The van der Waals surface area contributed by atoms with Crippen LogP contribution < -0.4 is 15.6 Å². The fourth-order valence-electron chi connectivity index (χ4n) is 3.90. The molecule has 7 heteroatoms. The average Bonchev–Trinajstić information content (AvgIpc) is 2.82.